The first-order chi connectivity index (χ1) is 14.9. The zero-order chi connectivity index (χ0) is 22.4. The zero-order valence-corrected chi connectivity index (χ0v) is 20.2. The number of carbonyl (C=O) groups excluding carboxylic acids is 1. The van der Waals surface area contributed by atoms with Crippen molar-refractivity contribution in [1.82, 2.24) is 9.62 Å². The molecule has 0 radical (unpaired) electrons. The van der Waals surface area contributed by atoms with Crippen molar-refractivity contribution in [3.05, 3.63) is 59.2 Å². The maximum atomic E-state index is 12.9. The topological polar surface area (TPSA) is 66.5 Å². The van der Waals surface area contributed by atoms with E-state index in [4.69, 9.17) is 0 Å². The first-order valence-electron chi connectivity index (χ1n) is 10.9. The predicted octanol–water partition coefficient (Wildman–Crippen LogP) is 4.25. The van der Waals surface area contributed by atoms with Gasteiger partial charge in [-0.15, -0.1) is 11.8 Å². The number of hydrogen-bond acceptors (Lipinski definition) is 4. The van der Waals surface area contributed by atoms with Crippen molar-refractivity contribution in [2.75, 3.05) is 19.3 Å². The Morgan fingerprint density at radius 1 is 1.03 bits per heavy atom. The van der Waals surface area contributed by atoms with Crippen LogP contribution in [0.5, 0.6) is 0 Å². The van der Waals surface area contributed by atoms with E-state index in [1.54, 1.807) is 23.9 Å². The summed E-state index contributed by atoms with van der Waals surface area (Å²) in [6.07, 6.45) is 4.96. The van der Waals surface area contributed by atoms with Crippen LogP contribution in [-0.2, 0) is 34.2 Å². The highest BCUT2D eigenvalue weighted by Crippen LogP contribution is 2.25. The second-order valence-electron chi connectivity index (χ2n) is 7.88. The Labute approximate surface area is 190 Å². The van der Waals surface area contributed by atoms with Crippen LogP contribution in [0.4, 0.5) is 0 Å². The summed E-state index contributed by atoms with van der Waals surface area (Å²) in [4.78, 5) is 14.1. The fraction of sp³-hybridized carbons (Fsp3) is 0.458. The van der Waals surface area contributed by atoms with Crippen LogP contribution in [0.3, 0.4) is 0 Å². The van der Waals surface area contributed by atoms with Gasteiger partial charge in [0.2, 0.25) is 15.9 Å². The summed E-state index contributed by atoms with van der Waals surface area (Å²) in [5.74, 6) is -0.130. The summed E-state index contributed by atoms with van der Waals surface area (Å²) < 4.78 is 27.4. The lowest BCUT2D eigenvalue weighted by Gasteiger charge is -2.30. The van der Waals surface area contributed by atoms with Gasteiger partial charge in [0.15, 0.2) is 0 Å². The molecule has 1 aliphatic heterocycles. The molecule has 0 bridgehead atoms. The standard InChI is InChI=1S/C24H32N2O3S2/c1-4-18-6-7-19(5-2)21(16-18)17-25-24(27)20-12-14-26(15-13-20)31(28,29)23-10-8-22(30-3)9-11-23/h6-11,16,20H,4-5,12-15,17H2,1-3H3,(H,25,27). The number of nitrogens with one attached hydrogen (secondary N) is 1. The van der Waals surface area contributed by atoms with Gasteiger partial charge in [-0.3, -0.25) is 4.79 Å². The summed E-state index contributed by atoms with van der Waals surface area (Å²) >= 11 is 1.58. The molecule has 1 amide bonds. The third-order valence-corrected chi connectivity index (χ3v) is 8.69. The Kier molecular flexibility index (Phi) is 8.19. The SMILES string of the molecule is CCc1ccc(CC)c(CNC(=O)C2CCN(S(=O)(=O)c3ccc(SC)cc3)CC2)c1. The van der Waals surface area contributed by atoms with Gasteiger partial charge in [0.05, 0.1) is 4.90 Å². The van der Waals surface area contributed by atoms with Crippen molar-refractivity contribution in [3.8, 4) is 0 Å². The minimum absolute atomic E-state index is 0.0188. The Morgan fingerprint density at radius 3 is 2.29 bits per heavy atom. The van der Waals surface area contributed by atoms with Crippen molar-refractivity contribution < 1.29 is 13.2 Å². The van der Waals surface area contributed by atoms with Gasteiger partial charge in [-0.05, 0) is 72.9 Å². The van der Waals surface area contributed by atoms with Crippen molar-refractivity contribution in [1.29, 1.82) is 0 Å². The molecule has 1 fully saturated rings. The fourth-order valence-electron chi connectivity index (χ4n) is 3.99. The van der Waals surface area contributed by atoms with Crippen LogP contribution in [0.25, 0.3) is 0 Å². The average Bonchev–Trinajstić information content (AvgIpc) is 2.82. The number of sulfonamides is 1. The van der Waals surface area contributed by atoms with Crippen molar-refractivity contribution >= 4 is 27.7 Å². The molecule has 2 aromatic rings. The Morgan fingerprint density at radius 2 is 1.71 bits per heavy atom. The molecule has 5 nitrogen and oxygen atoms in total. The lowest BCUT2D eigenvalue weighted by molar-refractivity contribution is -0.126. The maximum absolute atomic E-state index is 12.9. The van der Waals surface area contributed by atoms with Gasteiger partial charge in [0.25, 0.3) is 0 Å². The van der Waals surface area contributed by atoms with Crippen LogP contribution < -0.4 is 5.32 Å². The summed E-state index contributed by atoms with van der Waals surface area (Å²) in [5, 5.41) is 3.08. The minimum Gasteiger partial charge on any atom is -0.352 e. The number of rotatable bonds is 8. The van der Waals surface area contributed by atoms with Crippen LogP contribution in [-0.4, -0.2) is 38.0 Å². The van der Waals surface area contributed by atoms with Gasteiger partial charge in [-0.1, -0.05) is 32.0 Å². The number of carbonyl (C=O) groups is 1. The van der Waals surface area contributed by atoms with E-state index < -0.39 is 10.0 Å². The normalized spacial score (nSPS) is 15.7. The third kappa shape index (κ3) is 5.70. The van der Waals surface area contributed by atoms with Crippen molar-refractivity contribution in [3.63, 3.8) is 0 Å². The molecule has 0 unspecified atom stereocenters. The zero-order valence-electron chi connectivity index (χ0n) is 18.6. The molecule has 1 aliphatic rings. The highest BCUT2D eigenvalue weighted by molar-refractivity contribution is 7.98. The molecule has 1 saturated heterocycles. The number of benzene rings is 2. The molecule has 0 aliphatic carbocycles. The highest BCUT2D eigenvalue weighted by Gasteiger charge is 2.32. The van der Waals surface area contributed by atoms with Gasteiger partial charge in [0, 0.05) is 30.4 Å². The number of hydrogen-bond donors (Lipinski definition) is 1. The molecular formula is C24H32N2O3S2. The van der Waals surface area contributed by atoms with Gasteiger partial charge in [-0.25, -0.2) is 8.42 Å². The van der Waals surface area contributed by atoms with Crippen LogP contribution in [0, 0.1) is 5.92 Å². The first-order valence-corrected chi connectivity index (χ1v) is 13.6. The minimum atomic E-state index is -3.52. The van der Waals surface area contributed by atoms with Gasteiger partial charge in [-0.2, -0.15) is 4.31 Å². The second kappa shape index (κ2) is 10.7. The van der Waals surface area contributed by atoms with E-state index in [1.165, 1.54) is 21.0 Å². The van der Waals surface area contributed by atoms with E-state index in [2.05, 4.69) is 37.4 Å². The largest absolute Gasteiger partial charge is 0.352 e. The molecule has 1 heterocycles. The molecule has 2 aromatic carbocycles. The van der Waals surface area contributed by atoms with E-state index >= 15 is 0 Å². The molecular weight excluding hydrogens is 428 g/mol. The lowest BCUT2D eigenvalue weighted by atomic mass is 9.96. The molecule has 168 valence electrons. The van der Waals surface area contributed by atoms with Gasteiger partial charge in [0.1, 0.15) is 0 Å². The molecule has 3 rings (SSSR count). The highest BCUT2D eigenvalue weighted by atomic mass is 32.2. The average molecular weight is 461 g/mol. The lowest BCUT2D eigenvalue weighted by Crippen LogP contribution is -2.42. The molecule has 31 heavy (non-hydrogen) atoms. The number of aryl methyl sites for hydroxylation is 2. The van der Waals surface area contributed by atoms with E-state index in [-0.39, 0.29) is 11.8 Å². The van der Waals surface area contributed by atoms with E-state index in [0.717, 1.165) is 17.7 Å². The Bertz CT molecular complexity index is 996. The summed E-state index contributed by atoms with van der Waals surface area (Å²) in [6, 6.07) is 13.5. The molecule has 0 spiro atoms. The molecule has 0 atom stereocenters. The molecule has 0 aromatic heterocycles. The van der Waals surface area contributed by atoms with Crippen LogP contribution >= 0.6 is 11.8 Å². The van der Waals surface area contributed by atoms with Crippen LogP contribution in [0.2, 0.25) is 0 Å². The fourth-order valence-corrected chi connectivity index (χ4v) is 5.87. The van der Waals surface area contributed by atoms with E-state index in [0.29, 0.717) is 37.4 Å². The van der Waals surface area contributed by atoms with Gasteiger partial charge < -0.3 is 5.32 Å². The number of thioether (sulfide) groups is 1. The molecule has 1 N–H and O–H groups in total. The second-order valence-corrected chi connectivity index (χ2v) is 10.7. The first kappa shape index (κ1) is 23.8. The summed E-state index contributed by atoms with van der Waals surface area (Å²) in [6.45, 7) is 5.52. The Hall–Kier alpha value is -1.83. The maximum Gasteiger partial charge on any atom is 0.243 e. The van der Waals surface area contributed by atoms with E-state index in [1.807, 2.05) is 18.4 Å². The quantitative estimate of drug-likeness (QED) is 0.598. The van der Waals surface area contributed by atoms with Crippen molar-refractivity contribution in [2.45, 2.75) is 55.9 Å². The number of amides is 1. The van der Waals surface area contributed by atoms with E-state index in [9.17, 15) is 13.2 Å². The number of nitrogens with zero attached hydrogens (tertiary/aromatic N) is 1. The van der Waals surface area contributed by atoms with Crippen LogP contribution in [0.15, 0.2) is 52.3 Å². The monoisotopic (exact) mass is 460 g/mol. The summed E-state index contributed by atoms with van der Waals surface area (Å²) in [7, 11) is -3.52. The number of piperidine rings is 1. The smallest absolute Gasteiger partial charge is 0.243 e. The molecule has 7 heteroatoms. The van der Waals surface area contributed by atoms with Crippen LogP contribution in [0.1, 0.15) is 43.4 Å². The summed E-state index contributed by atoms with van der Waals surface area (Å²) in [5.41, 5.74) is 3.69. The molecule has 0 saturated carbocycles. The Balaban J connectivity index is 1.57. The predicted molar refractivity (Wildman–Crippen MR) is 127 cm³/mol. The van der Waals surface area contributed by atoms with Gasteiger partial charge >= 0.3 is 0 Å². The third-order valence-electron chi connectivity index (χ3n) is 6.03. The van der Waals surface area contributed by atoms with Crippen molar-refractivity contribution in [2.24, 2.45) is 5.92 Å².